The van der Waals surface area contributed by atoms with E-state index in [1.165, 1.54) is 0 Å². The van der Waals surface area contributed by atoms with Gasteiger partial charge in [0.15, 0.2) is 6.29 Å². The van der Waals surface area contributed by atoms with Gasteiger partial charge >= 0.3 is 0 Å². The van der Waals surface area contributed by atoms with Crippen molar-refractivity contribution in [3.63, 3.8) is 0 Å². The molecule has 5 heteroatoms. The number of nitriles is 1. The van der Waals surface area contributed by atoms with Crippen LogP contribution in [0.25, 0.3) is 5.65 Å². The molecule has 0 unspecified atom stereocenters. The topological polar surface area (TPSA) is 67.4 Å². The van der Waals surface area contributed by atoms with Gasteiger partial charge in [0.25, 0.3) is 0 Å². The largest absolute Gasteiger partial charge is 0.497 e. The molecule has 0 saturated heterocycles. The molecule has 3 rings (SSSR count). The minimum Gasteiger partial charge on any atom is -0.497 e. The van der Waals surface area contributed by atoms with Gasteiger partial charge in [0.1, 0.15) is 23.2 Å². The van der Waals surface area contributed by atoms with Crippen LogP contribution in [0.5, 0.6) is 5.75 Å². The molecule has 0 N–H and O–H groups in total. The van der Waals surface area contributed by atoms with Crippen molar-refractivity contribution in [2.24, 2.45) is 0 Å². The summed E-state index contributed by atoms with van der Waals surface area (Å²) in [7, 11) is 1.62. The van der Waals surface area contributed by atoms with Gasteiger partial charge in [-0.05, 0) is 36.8 Å². The van der Waals surface area contributed by atoms with Gasteiger partial charge in [-0.3, -0.25) is 9.20 Å². The molecule has 0 radical (unpaired) electrons. The van der Waals surface area contributed by atoms with Crippen molar-refractivity contribution in [2.75, 3.05) is 7.11 Å². The van der Waals surface area contributed by atoms with Crippen molar-refractivity contribution in [2.45, 2.75) is 13.3 Å². The van der Waals surface area contributed by atoms with E-state index in [4.69, 9.17) is 10.00 Å². The number of nitrogens with zero attached hydrogens (tertiary/aromatic N) is 3. The predicted octanol–water partition coefficient (Wildman–Crippen LogP) is 2.93. The van der Waals surface area contributed by atoms with E-state index >= 15 is 0 Å². The molecule has 0 amide bonds. The Labute approximate surface area is 133 Å². The van der Waals surface area contributed by atoms with Gasteiger partial charge in [0.05, 0.1) is 18.4 Å². The molecule has 23 heavy (non-hydrogen) atoms. The molecule has 0 bridgehead atoms. The van der Waals surface area contributed by atoms with Crippen molar-refractivity contribution in [3.8, 4) is 11.8 Å². The van der Waals surface area contributed by atoms with Gasteiger partial charge in [-0.1, -0.05) is 12.1 Å². The van der Waals surface area contributed by atoms with Crippen molar-refractivity contribution < 1.29 is 9.53 Å². The number of pyridine rings is 1. The number of fused-ring (bicyclic) bond motifs is 1. The minimum atomic E-state index is 0.484. The quantitative estimate of drug-likeness (QED) is 0.695. The van der Waals surface area contributed by atoms with E-state index < -0.39 is 0 Å². The van der Waals surface area contributed by atoms with Gasteiger partial charge in [0.2, 0.25) is 0 Å². The Morgan fingerprint density at radius 1 is 1.35 bits per heavy atom. The number of imidazole rings is 1. The van der Waals surface area contributed by atoms with Gasteiger partial charge in [-0.2, -0.15) is 5.26 Å². The second-order valence-electron chi connectivity index (χ2n) is 5.23. The van der Waals surface area contributed by atoms with Crippen molar-refractivity contribution in [3.05, 3.63) is 64.6 Å². The van der Waals surface area contributed by atoms with E-state index in [0.717, 1.165) is 23.3 Å². The van der Waals surface area contributed by atoms with E-state index in [1.54, 1.807) is 23.6 Å². The third-order valence-electron chi connectivity index (χ3n) is 3.88. The number of methoxy groups -OCH3 is 1. The zero-order chi connectivity index (χ0) is 16.4. The lowest BCUT2D eigenvalue weighted by Gasteiger charge is -2.05. The van der Waals surface area contributed by atoms with Crippen LogP contribution in [0.1, 0.15) is 33.0 Å². The van der Waals surface area contributed by atoms with E-state index in [0.29, 0.717) is 29.0 Å². The van der Waals surface area contributed by atoms with Crippen molar-refractivity contribution in [1.29, 1.82) is 5.26 Å². The molecular formula is C18H15N3O2. The van der Waals surface area contributed by atoms with E-state index in [1.807, 2.05) is 31.2 Å². The van der Waals surface area contributed by atoms with Crippen LogP contribution in [0.15, 0.2) is 36.4 Å². The minimum absolute atomic E-state index is 0.484. The van der Waals surface area contributed by atoms with Crippen molar-refractivity contribution in [1.82, 2.24) is 9.38 Å². The number of ether oxygens (including phenoxy) is 1. The molecule has 0 aliphatic carbocycles. The third kappa shape index (κ3) is 2.55. The maximum absolute atomic E-state index is 11.6. The first-order valence-electron chi connectivity index (χ1n) is 7.17. The highest BCUT2D eigenvalue weighted by Crippen LogP contribution is 2.21. The van der Waals surface area contributed by atoms with Crippen LogP contribution >= 0.6 is 0 Å². The highest BCUT2D eigenvalue weighted by Gasteiger charge is 2.15. The molecule has 1 aromatic carbocycles. The Morgan fingerprint density at radius 2 is 2.17 bits per heavy atom. The molecular weight excluding hydrogens is 290 g/mol. The SMILES string of the molecule is COc1cccc(Cc2nc3ccc(C#N)c(C)n3c2C=O)c1. The standard InChI is InChI=1S/C18H15N3O2/c1-12-14(10-19)6-7-18-20-16(17(11-22)21(12)18)9-13-4-3-5-15(8-13)23-2/h3-8,11H,9H2,1-2H3. The molecule has 0 aliphatic heterocycles. The summed E-state index contributed by atoms with van der Waals surface area (Å²) in [6.45, 7) is 1.82. The lowest BCUT2D eigenvalue weighted by molar-refractivity contribution is 0.111. The maximum Gasteiger partial charge on any atom is 0.168 e. The average Bonchev–Trinajstić information content (AvgIpc) is 2.93. The van der Waals surface area contributed by atoms with Gasteiger partial charge in [-0.15, -0.1) is 0 Å². The fourth-order valence-corrected chi connectivity index (χ4v) is 2.71. The number of aromatic nitrogens is 2. The number of aryl methyl sites for hydroxylation is 1. The Bertz CT molecular complexity index is 935. The Morgan fingerprint density at radius 3 is 2.87 bits per heavy atom. The lowest BCUT2D eigenvalue weighted by Crippen LogP contribution is -2.01. The zero-order valence-electron chi connectivity index (χ0n) is 12.9. The second-order valence-corrected chi connectivity index (χ2v) is 5.23. The number of carbonyl (C=O) groups is 1. The summed E-state index contributed by atoms with van der Waals surface area (Å²) in [5, 5.41) is 9.16. The first-order valence-corrected chi connectivity index (χ1v) is 7.17. The van der Waals surface area contributed by atoms with Crippen molar-refractivity contribution >= 4 is 11.9 Å². The van der Waals surface area contributed by atoms with Crippen LogP contribution < -0.4 is 4.74 Å². The number of rotatable bonds is 4. The molecule has 2 heterocycles. The molecule has 114 valence electrons. The van der Waals surface area contributed by atoms with E-state index in [-0.39, 0.29) is 0 Å². The number of benzene rings is 1. The third-order valence-corrected chi connectivity index (χ3v) is 3.88. The molecule has 0 spiro atoms. The van der Waals surface area contributed by atoms with Gasteiger partial charge < -0.3 is 4.74 Å². The van der Waals surface area contributed by atoms with Crippen LogP contribution in [-0.4, -0.2) is 22.8 Å². The number of hydrogen-bond donors (Lipinski definition) is 0. The highest BCUT2D eigenvalue weighted by atomic mass is 16.5. The fraction of sp³-hybridized carbons (Fsp3) is 0.167. The number of aldehydes is 1. The average molecular weight is 305 g/mol. The summed E-state index contributed by atoms with van der Waals surface area (Å²) in [5.74, 6) is 0.766. The van der Waals surface area contributed by atoms with Crippen LogP contribution in [0, 0.1) is 18.3 Å². The number of hydrogen-bond acceptors (Lipinski definition) is 4. The van der Waals surface area contributed by atoms with Crippen LogP contribution in [0.4, 0.5) is 0 Å². The smallest absolute Gasteiger partial charge is 0.168 e. The van der Waals surface area contributed by atoms with Crippen LogP contribution in [-0.2, 0) is 6.42 Å². The highest BCUT2D eigenvalue weighted by molar-refractivity contribution is 5.77. The van der Waals surface area contributed by atoms with Gasteiger partial charge in [0, 0.05) is 12.1 Å². The monoisotopic (exact) mass is 305 g/mol. The van der Waals surface area contributed by atoms with E-state index in [9.17, 15) is 4.79 Å². The molecule has 0 saturated carbocycles. The molecule has 0 fully saturated rings. The molecule has 3 aromatic rings. The van der Waals surface area contributed by atoms with Crippen LogP contribution in [0.2, 0.25) is 0 Å². The molecule has 0 aliphatic rings. The Balaban J connectivity index is 2.12. The second kappa shape index (κ2) is 5.93. The van der Waals surface area contributed by atoms with E-state index in [2.05, 4.69) is 11.1 Å². The maximum atomic E-state index is 11.6. The summed E-state index contributed by atoms with van der Waals surface area (Å²) in [5.41, 5.74) is 4.10. The molecule has 5 nitrogen and oxygen atoms in total. The first-order chi connectivity index (χ1) is 11.2. The van der Waals surface area contributed by atoms with Gasteiger partial charge in [-0.25, -0.2) is 4.98 Å². The summed E-state index contributed by atoms with van der Waals surface area (Å²) in [4.78, 5) is 16.2. The summed E-state index contributed by atoms with van der Waals surface area (Å²) < 4.78 is 6.96. The zero-order valence-corrected chi connectivity index (χ0v) is 12.9. The normalized spacial score (nSPS) is 10.5. The summed E-state index contributed by atoms with van der Waals surface area (Å²) >= 11 is 0. The predicted molar refractivity (Wildman–Crippen MR) is 85.8 cm³/mol. The Hall–Kier alpha value is -3.13. The number of carbonyl (C=O) groups excluding carboxylic acids is 1. The Kier molecular flexibility index (Phi) is 3.82. The molecule has 0 atom stereocenters. The summed E-state index contributed by atoms with van der Waals surface area (Å²) in [6, 6.07) is 13.3. The molecule has 2 aromatic heterocycles. The lowest BCUT2D eigenvalue weighted by atomic mass is 10.1. The van der Waals surface area contributed by atoms with Crippen LogP contribution in [0.3, 0.4) is 0 Å². The first kappa shape index (κ1) is 14.8. The fourth-order valence-electron chi connectivity index (χ4n) is 2.71. The summed E-state index contributed by atoms with van der Waals surface area (Å²) in [6.07, 6.45) is 1.32.